The molecular weight excluding hydrogens is 307 g/mol. The van der Waals surface area contributed by atoms with Gasteiger partial charge in [-0.1, -0.05) is 12.1 Å². The van der Waals surface area contributed by atoms with Crippen molar-refractivity contribution < 1.29 is 27.1 Å². The molecule has 1 saturated heterocycles. The molecule has 22 heavy (non-hydrogen) atoms. The maximum Gasteiger partial charge on any atom is 0.416 e. The molecule has 0 aliphatic carbocycles. The lowest BCUT2D eigenvalue weighted by Gasteiger charge is -2.38. The number of nitrogens with zero attached hydrogens (tertiary/aromatic N) is 1. The fourth-order valence-electron chi connectivity index (χ4n) is 2.60. The third-order valence-corrected chi connectivity index (χ3v) is 3.68. The van der Waals surface area contributed by atoms with Crippen molar-refractivity contribution in [1.29, 1.82) is 0 Å². The Morgan fingerprint density at radius 2 is 1.59 bits per heavy atom. The normalized spacial score (nSPS) is 19.2. The Kier molecular flexibility index (Phi) is 5.03. The van der Waals surface area contributed by atoms with Crippen molar-refractivity contribution in [2.24, 2.45) is 0 Å². The molecule has 0 radical (unpaired) electrons. The van der Waals surface area contributed by atoms with Gasteiger partial charge in [0.1, 0.15) is 12.6 Å². The molecule has 0 aromatic heterocycles. The van der Waals surface area contributed by atoms with E-state index in [-0.39, 0.29) is 5.56 Å². The summed E-state index contributed by atoms with van der Waals surface area (Å²) in [6.07, 6.45) is -4.51. The van der Waals surface area contributed by atoms with Crippen LogP contribution in [0.5, 0.6) is 0 Å². The van der Waals surface area contributed by atoms with Crippen molar-refractivity contribution >= 4 is 0 Å². The van der Waals surface area contributed by atoms with Gasteiger partial charge in [-0.05, 0) is 17.7 Å². The first-order valence-corrected chi connectivity index (χ1v) is 6.86. The first kappa shape index (κ1) is 17.1. The fraction of sp³-hybridized carbons (Fsp3) is 0.571. The van der Waals surface area contributed by atoms with E-state index in [1.807, 2.05) is 0 Å². The van der Waals surface area contributed by atoms with E-state index in [2.05, 4.69) is 5.32 Å². The number of hydrogen-bond acceptors (Lipinski definition) is 3. The Balaban J connectivity index is 2.32. The molecule has 3 nitrogen and oxygen atoms in total. The van der Waals surface area contributed by atoms with Crippen molar-refractivity contribution in [1.82, 2.24) is 10.2 Å². The topological polar surface area (TPSA) is 35.5 Å². The third-order valence-electron chi connectivity index (χ3n) is 3.68. The lowest BCUT2D eigenvalue weighted by molar-refractivity contribution is -0.137. The zero-order chi connectivity index (χ0) is 16.4. The second-order valence-electron chi connectivity index (χ2n) is 5.23. The molecule has 0 bridgehead atoms. The van der Waals surface area contributed by atoms with Crippen LogP contribution in [0.2, 0.25) is 0 Å². The minimum absolute atomic E-state index is 0.0638. The second-order valence-corrected chi connectivity index (χ2v) is 5.23. The molecule has 0 saturated carbocycles. The van der Waals surface area contributed by atoms with Crippen molar-refractivity contribution in [2.45, 2.75) is 18.1 Å². The quantitative estimate of drug-likeness (QED) is 0.834. The maximum atomic E-state index is 14.1. The number of benzene rings is 1. The summed E-state index contributed by atoms with van der Waals surface area (Å²) in [7, 11) is 0. The Morgan fingerprint density at radius 3 is 2.05 bits per heavy atom. The molecule has 1 fully saturated rings. The van der Waals surface area contributed by atoms with E-state index in [1.54, 1.807) is 0 Å². The molecule has 0 unspecified atom stereocenters. The summed E-state index contributed by atoms with van der Waals surface area (Å²) in [6, 6.07) is 2.25. The van der Waals surface area contributed by atoms with Gasteiger partial charge < -0.3 is 10.4 Å². The summed E-state index contributed by atoms with van der Waals surface area (Å²) < 4.78 is 65.9. The van der Waals surface area contributed by atoms with E-state index in [0.717, 1.165) is 24.3 Å². The highest BCUT2D eigenvalue weighted by Crippen LogP contribution is 2.38. The molecule has 0 amide bonds. The smallest absolute Gasteiger partial charge is 0.390 e. The third kappa shape index (κ3) is 3.74. The number of alkyl halides is 5. The molecule has 1 aromatic carbocycles. The van der Waals surface area contributed by atoms with Gasteiger partial charge in [-0.3, -0.25) is 4.90 Å². The van der Waals surface area contributed by atoms with E-state index in [0.29, 0.717) is 26.2 Å². The summed E-state index contributed by atoms with van der Waals surface area (Å²) in [5.41, 5.74) is -0.823. The van der Waals surface area contributed by atoms with E-state index >= 15 is 0 Å². The number of hydrogen-bond donors (Lipinski definition) is 2. The predicted octanol–water partition coefficient (Wildman–Crippen LogP) is 2.28. The van der Waals surface area contributed by atoms with Crippen molar-refractivity contribution in [3.05, 3.63) is 35.4 Å². The highest BCUT2D eigenvalue weighted by molar-refractivity contribution is 5.28. The van der Waals surface area contributed by atoms with Crippen LogP contribution < -0.4 is 5.32 Å². The number of nitrogens with one attached hydrogen (secondary N) is 1. The van der Waals surface area contributed by atoms with Gasteiger partial charge in [-0.25, -0.2) is 8.78 Å². The minimum Gasteiger partial charge on any atom is -0.390 e. The Labute approximate surface area is 124 Å². The van der Waals surface area contributed by atoms with Crippen LogP contribution in [0, 0.1) is 0 Å². The zero-order valence-corrected chi connectivity index (χ0v) is 11.7. The fourth-order valence-corrected chi connectivity index (χ4v) is 2.60. The van der Waals surface area contributed by atoms with Crippen molar-refractivity contribution in [3.8, 4) is 0 Å². The SMILES string of the molecule is OCC(F)(F)[C@H](c1ccc(C(F)(F)F)cc1)N1CCNCC1. The van der Waals surface area contributed by atoms with Gasteiger partial charge >= 0.3 is 6.18 Å². The molecule has 1 atom stereocenters. The number of aliphatic hydroxyl groups excluding tert-OH is 1. The summed E-state index contributed by atoms with van der Waals surface area (Å²) in [4.78, 5) is 1.48. The van der Waals surface area contributed by atoms with E-state index in [4.69, 9.17) is 5.11 Å². The van der Waals surface area contributed by atoms with Crippen LogP contribution in [0.3, 0.4) is 0 Å². The van der Waals surface area contributed by atoms with Gasteiger partial charge in [-0.15, -0.1) is 0 Å². The van der Waals surface area contributed by atoms with Gasteiger partial charge in [0.15, 0.2) is 0 Å². The predicted molar refractivity (Wildman–Crippen MR) is 70.7 cm³/mol. The van der Waals surface area contributed by atoms with Gasteiger partial charge in [0.25, 0.3) is 5.92 Å². The van der Waals surface area contributed by atoms with Crippen LogP contribution in [0.15, 0.2) is 24.3 Å². The number of halogens is 5. The first-order chi connectivity index (χ1) is 10.3. The van der Waals surface area contributed by atoms with Crippen LogP contribution in [0.25, 0.3) is 0 Å². The standard InChI is InChI=1S/C14H17F5N2O/c15-13(16,9-22)12(21-7-5-20-6-8-21)10-1-3-11(4-2-10)14(17,18)19/h1-4,12,20,22H,5-9H2/t12-/m0/s1. The Morgan fingerprint density at radius 1 is 1.05 bits per heavy atom. The van der Waals surface area contributed by atoms with Crippen molar-refractivity contribution in [3.63, 3.8) is 0 Å². The molecule has 1 aliphatic heterocycles. The van der Waals surface area contributed by atoms with Crippen LogP contribution in [0.1, 0.15) is 17.2 Å². The minimum atomic E-state index is -4.51. The molecule has 124 valence electrons. The number of aliphatic hydroxyl groups is 1. The Bertz CT molecular complexity index is 483. The highest BCUT2D eigenvalue weighted by Gasteiger charge is 2.44. The summed E-state index contributed by atoms with van der Waals surface area (Å²) >= 11 is 0. The molecule has 0 spiro atoms. The van der Waals surface area contributed by atoms with Crippen LogP contribution in [0.4, 0.5) is 22.0 Å². The van der Waals surface area contributed by atoms with Gasteiger partial charge in [0.05, 0.1) is 5.56 Å². The van der Waals surface area contributed by atoms with Crippen molar-refractivity contribution in [2.75, 3.05) is 32.8 Å². The molecule has 1 aliphatic rings. The number of rotatable bonds is 4. The van der Waals surface area contributed by atoms with Gasteiger partial charge in [-0.2, -0.15) is 13.2 Å². The molecule has 8 heteroatoms. The molecule has 2 N–H and O–H groups in total. The van der Waals surface area contributed by atoms with Gasteiger partial charge in [0, 0.05) is 26.2 Å². The lowest BCUT2D eigenvalue weighted by atomic mass is 9.97. The van der Waals surface area contributed by atoms with Gasteiger partial charge in [0.2, 0.25) is 0 Å². The average Bonchev–Trinajstić information content (AvgIpc) is 2.48. The van der Waals surface area contributed by atoms with E-state index < -0.39 is 30.3 Å². The molecule has 1 aromatic rings. The summed E-state index contributed by atoms with van der Waals surface area (Å²) in [5.74, 6) is -3.43. The highest BCUT2D eigenvalue weighted by atomic mass is 19.4. The number of piperazine rings is 1. The van der Waals surface area contributed by atoms with Crippen LogP contribution >= 0.6 is 0 Å². The average molecular weight is 324 g/mol. The summed E-state index contributed by atoms with van der Waals surface area (Å²) in [5, 5.41) is 12.0. The van der Waals surface area contributed by atoms with E-state index in [1.165, 1.54) is 4.90 Å². The monoisotopic (exact) mass is 324 g/mol. The zero-order valence-electron chi connectivity index (χ0n) is 11.7. The largest absolute Gasteiger partial charge is 0.416 e. The Hall–Kier alpha value is -1.25. The second kappa shape index (κ2) is 6.47. The van der Waals surface area contributed by atoms with Crippen LogP contribution in [-0.2, 0) is 6.18 Å². The summed E-state index contributed by atoms with van der Waals surface area (Å²) in [6.45, 7) is 0.336. The molecule has 2 rings (SSSR count). The maximum absolute atomic E-state index is 14.1. The van der Waals surface area contributed by atoms with E-state index in [9.17, 15) is 22.0 Å². The molecule has 1 heterocycles. The molecular formula is C14H17F5N2O. The van der Waals surface area contributed by atoms with Crippen LogP contribution in [-0.4, -0.2) is 48.7 Å². The lowest BCUT2D eigenvalue weighted by Crippen LogP contribution is -2.51. The first-order valence-electron chi connectivity index (χ1n) is 6.86.